The molecule has 1 aromatic rings. The molecule has 0 fully saturated rings. The number of aromatic nitrogens is 1. The summed E-state index contributed by atoms with van der Waals surface area (Å²) in [5, 5.41) is -0.0875. The number of nitrogen functional groups attached to an aromatic ring is 1. The van der Waals surface area contributed by atoms with E-state index in [-0.39, 0.29) is 27.3 Å². The molecule has 4 nitrogen and oxygen atoms in total. The molecule has 0 aliphatic rings. The Kier molecular flexibility index (Phi) is 9.44. The molecule has 1 atom stereocenters. The fraction of sp³-hybridized carbons (Fsp3) is 0.647. The van der Waals surface area contributed by atoms with E-state index >= 15 is 0 Å². The predicted octanol–water partition coefficient (Wildman–Crippen LogP) is 5.15. The maximum atomic E-state index is 13.6. The Labute approximate surface area is 152 Å². The van der Waals surface area contributed by atoms with Crippen molar-refractivity contribution in [3.05, 3.63) is 16.5 Å². The van der Waals surface area contributed by atoms with E-state index in [1.165, 1.54) is 44.4 Å². The fourth-order valence-electron chi connectivity index (χ4n) is 2.08. The van der Waals surface area contributed by atoms with Crippen molar-refractivity contribution in [3.63, 3.8) is 0 Å². The number of thioether (sulfide) groups is 1. The molecule has 1 heterocycles. The molecule has 0 saturated heterocycles. The first kappa shape index (κ1) is 21.0. The van der Waals surface area contributed by atoms with E-state index in [4.69, 9.17) is 22.1 Å². The summed E-state index contributed by atoms with van der Waals surface area (Å²) in [5.41, 5.74) is 5.95. The van der Waals surface area contributed by atoms with Gasteiger partial charge < -0.3 is 10.5 Å². The molecule has 0 radical (unpaired) electrons. The molecule has 136 valence electrons. The number of ether oxygens (including phenoxy) is 1. The van der Waals surface area contributed by atoms with Gasteiger partial charge in [0.05, 0.1) is 5.69 Å². The summed E-state index contributed by atoms with van der Waals surface area (Å²) in [7, 11) is 0. The van der Waals surface area contributed by atoms with Crippen LogP contribution in [0.1, 0.15) is 57.9 Å². The van der Waals surface area contributed by atoms with Crippen LogP contribution >= 0.6 is 23.4 Å². The molecule has 0 aromatic carbocycles. The molecule has 0 saturated carbocycles. The number of unbranched alkanes of at least 4 members (excludes halogenated alkanes) is 5. The highest BCUT2D eigenvalue weighted by molar-refractivity contribution is 8.13. The van der Waals surface area contributed by atoms with Crippen molar-refractivity contribution >= 4 is 34.2 Å². The number of anilines is 1. The van der Waals surface area contributed by atoms with Gasteiger partial charge in [-0.3, -0.25) is 4.79 Å². The highest BCUT2D eigenvalue weighted by atomic mass is 35.5. The van der Waals surface area contributed by atoms with Gasteiger partial charge in [0.2, 0.25) is 16.9 Å². The Morgan fingerprint density at radius 2 is 1.96 bits per heavy atom. The van der Waals surface area contributed by atoms with Crippen molar-refractivity contribution in [3.8, 4) is 5.88 Å². The summed E-state index contributed by atoms with van der Waals surface area (Å²) in [4.78, 5) is 15.7. The Morgan fingerprint density at radius 3 is 2.62 bits per heavy atom. The standard InChI is InChI=1S/C17H26ClFN2O2S/c1-4-5-6-7-8-9-10-24-17(22)12(3)23-16-13(18)14(20)11(2)15(19)21-16/h12H,4-10H2,1-3H3,(H2,20,21)/t12-/m1/s1. The average molecular weight is 377 g/mol. The molecule has 0 aliphatic carbocycles. The highest BCUT2D eigenvalue weighted by Gasteiger charge is 2.20. The van der Waals surface area contributed by atoms with Gasteiger partial charge in [0.25, 0.3) is 0 Å². The lowest BCUT2D eigenvalue weighted by molar-refractivity contribution is -0.116. The van der Waals surface area contributed by atoms with E-state index in [0.717, 1.165) is 18.6 Å². The molecule has 24 heavy (non-hydrogen) atoms. The Hall–Kier alpha value is -1.01. The number of carbonyl (C=O) groups is 1. The van der Waals surface area contributed by atoms with E-state index in [2.05, 4.69) is 11.9 Å². The van der Waals surface area contributed by atoms with Gasteiger partial charge in [0, 0.05) is 11.3 Å². The van der Waals surface area contributed by atoms with Gasteiger partial charge in [-0.05, 0) is 20.3 Å². The first-order valence-corrected chi connectivity index (χ1v) is 9.69. The van der Waals surface area contributed by atoms with Crippen molar-refractivity contribution in [1.82, 2.24) is 4.98 Å². The Morgan fingerprint density at radius 1 is 1.33 bits per heavy atom. The topological polar surface area (TPSA) is 65.2 Å². The van der Waals surface area contributed by atoms with Crippen LogP contribution < -0.4 is 10.5 Å². The predicted molar refractivity (Wildman–Crippen MR) is 99.3 cm³/mol. The number of hydrogen-bond donors (Lipinski definition) is 1. The van der Waals surface area contributed by atoms with Gasteiger partial charge in [-0.2, -0.15) is 9.37 Å². The molecule has 0 amide bonds. The van der Waals surface area contributed by atoms with Crippen LogP contribution in [0.3, 0.4) is 0 Å². The second-order valence-corrected chi connectivity index (χ2v) is 7.23. The third-order valence-electron chi connectivity index (χ3n) is 3.70. The molecule has 2 N–H and O–H groups in total. The maximum absolute atomic E-state index is 13.6. The quantitative estimate of drug-likeness (QED) is 0.451. The van der Waals surface area contributed by atoms with E-state index in [1.807, 2.05) is 0 Å². The van der Waals surface area contributed by atoms with Crippen molar-refractivity contribution in [1.29, 1.82) is 0 Å². The van der Waals surface area contributed by atoms with Crippen molar-refractivity contribution in [2.45, 2.75) is 65.4 Å². The molecular formula is C17H26ClFN2O2S. The number of nitrogens with two attached hydrogens (primary N) is 1. The van der Waals surface area contributed by atoms with Crippen LogP contribution in [0.4, 0.5) is 10.1 Å². The molecule has 0 spiro atoms. The van der Waals surface area contributed by atoms with Crippen molar-refractivity contribution < 1.29 is 13.9 Å². The van der Waals surface area contributed by atoms with Crippen LogP contribution in [0.2, 0.25) is 5.02 Å². The first-order chi connectivity index (χ1) is 11.4. The maximum Gasteiger partial charge on any atom is 0.238 e. The van der Waals surface area contributed by atoms with Crippen LogP contribution in [0, 0.1) is 12.9 Å². The number of halogens is 2. The van der Waals surface area contributed by atoms with Crippen LogP contribution in [-0.2, 0) is 4.79 Å². The molecule has 0 bridgehead atoms. The smallest absolute Gasteiger partial charge is 0.238 e. The average Bonchev–Trinajstić information content (AvgIpc) is 2.56. The number of nitrogens with zero attached hydrogens (tertiary/aromatic N) is 1. The largest absolute Gasteiger partial charge is 0.464 e. The van der Waals surface area contributed by atoms with E-state index in [9.17, 15) is 9.18 Å². The lowest BCUT2D eigenvalue weighted by Gasteiger charge is -2.15. The zero-order valence-electron chi connectivity index (χ0n) is 14.5. The van der Waals surface area contributed by atoms with Crippen molar-refractivity contribution in [2.75, 3.05) is 11.5 Å². The van der Waals surface area contributed by atoms with Crippen LogP contribution in [-0.4, -0.2) is 22.0 Å². The van der Waals surface area contributed by atoms with Gasteiger partial charge in [-0.15, -0.1) is 0 Å². The second-order valence-electron chi connectivity index (χ2n) is 5.76. The number of hydrogen-bond acceptors (Lipinski definition) is 5. The van der Waals surface area contributed by atoms with E-state index < -0.39 is 12.1 Å². The zero-order chi connectivity index (χ0) is 18.1. The van der Waals surface area contributed by atoms with Crippen LogP contribution in [0.25, 0.3) is 0 Å². The third-order valence-corrected chi connectivity index (χ3v) is 5.17. The first-order valence-electron chi connectivity index (χ1n) is 8.32. The lowest BCUT2D eigenvalue weighted by Crippen LogP contribution is -2.22. The van der Waals surface area contributed by atoms with E-state index in [0.29, 0.717) is 0 Å². The third kappa shape index (κ3) is 6.48. The summed E-state index contributed by atoms with van der Waals surface area (Å²) in [6.07, 6.45) is 6.31. The van der Waals surface area contributed by atoms with Gasteiger partial charge in [0.1, 0.15) is 5.02 Å². The number of carbonyl (C=O) groups excluding carboxylic acids is 1. The molecule has 1 rings (SSSR count). The number of pyridine rings is 1. The number of rotatable bonds is 10. The minimum atomic E-state index is -0.762. The molecule has 0 unspecified atom stereocenters. The van der Waals surface area contributed by atoms with Gasteiger partial charge in [0.15, 0.2) is 6.10 Å². The Bertz CT molecular complexity index is 558. The summed E-state index contributed by atoms with van der Waals surface area (Å²) in [6, 6.07) is 0. The van der Waals surface area contributed by atoms with Crippen LogP contribution in [0.5, 0.6) is 5.88 Å². The lowest BCUT2D eigenvalue weighted by atomic mass is 10.1. The molecule has 7 heteroatoms. The molecule has 0 aliphatic heterocycles. The van der Waals surface area contributed by atoms with Crippen molar-refractivity contribution in [2.24, 2.45) is 0 Å². The van der Waals surface area contributed by atoms with E-state index in [1.54, 1.807) is 6.92 Å². The summed E-state index contributed by atoms with van der Waals surface area (Å²) >= 11 is 7.23. The van der Waals surface area contributed by atoms with Gasteiger partial charge in [-0.25, -0.2) is 0 Å². The minimum absolute atomic E-state index is 0.0366. The zero-order valence-corrected chi connectivity index (χ0v) is 16.1. The summed E-state index contributed by atoms with van der Waals surface area (Å²) < 4.78 is 19.0. The molecule has 1 aromatic heterocycles. The normalized spacial score (nSPS) is 12.2. The van der Waals surface area contributed by atoms with Gasteiger partial charge >= 0.3 is 0 Å². The summed E-state index contributed by atoms with van der Waals surface area (Å²) in [6.45, 7) is 5.27. The SMILES string of the molecule is CCCCCCCCSC(=O)[C@@H](C)Oc1nc(F)c(C)c(N)c1Cl. The summed E-state index contributed by atoms with van der Waals surface area (Å²) in [5.74, 6) is -0.130. The minimum Gasteiger partial charge on any atom is -0.464 e. The molecular weight excluding hydrogens is 351 g/mol. The Balaban J connectivity index is 2.42. The fourth-order valence-corrected chi connectivity index (χ4v) is 3.14. The highest BCUT2D eigenvalue weighted by Crippen LogP contribution is 2.32. The monoisotopic (exact) mass is 376 g/mol. The van der Waals surface area contributed by atoms with Gasteiger partial charge in [-0.1, -0.05) is 62.4 Å². The van der Waals surface area contributed by atoms with Crippen LogP contribution in [0.15, 0.2) is 0 Å². The second kappa shape index (κ2) is 10.8.